The lowest BCUT2D eigenvalue weighted by Gasteiger charge is -2.42. The predicted octanol–water partition coefficient (Wildman–Crippen LogP) is 4.57. The number of carbonyl (C=O) groups excluding carboxylic acids is 2. The van der Waals surface area contributed by atoms with Crippen LogP contribution in [0.2, 0.25) is 0 Å². The number of hydrogen-bond acceptors (Lipinski definition) is 4. The summed E-state index contributed by atoms with van der Waals surface area (Å²) in [6.07, 6.45) is 9.63. The Balaban J connectivity index is 1.40. The Morgan fingerprint density at radius 3 is 2.97 bits per heavy atom. The molecule has 2 saturated heterocycles. The number of ether oxygens (including phenoxy) is 1. The number of amides is 1. The zero-order valence-electron chi connectivity index (χ0n) is 17.9. The SMILES string of the molecule is CCCOC(=O)CCC(=O)Nc1ccc2[nH]cc(C3CCN4CCCCC4C3)c2c1. The number of nitrogens with one attached hydrogen (secondary N) is 2. The Bertz CT molecular complexity index is 891. The van der Waals surface area contributed by atoms with Gasteiger partial charge in [0.15, 0.2) is 0 Å². The molecule has 0 saturated carbocycles. The van der Waals surface area contributed by atoms with Gasteiger partial charge in [0, 0.05) is 35.2 Å². The lowest BCUT2D eigenvalue weighted by molar-refractivity contribution is -0.144. The van der Waals surface area contributed by atoms with E-state index in [0.29, 0.717) is 12.5 Å². The van der Waals surface area contributed by atoms with E-state index in [1.54, 1.807) is 0 Å². The van der Waals surface area contributed by atoms with E-state index in [-0.39, 0.29) is 24.7 Å². The smallest absolute Gasteiger partial charge is 0.306 e. The standard InChI is InChI=1S/C24H33N3O3/c1-2-13-30-24(29)9-8-23(28)26-18-6-7-22-20(15-18)21(16-25-22)17-10-12-27-11-4-3-5-19(27)14-17/h6-7,15-17,19,25H,2-5,8-14H2,1H3,(H,26,28). The maximum absolute atomic E-state index is 12.3. The van der Waals surface area contributed by atoms with E-state index < -0.39 is 0 Å². The molecular weight excluding hydrogens is 378 g/mol. The fourth-order valence-corrected chi connectivity index (χ4v) is 4.96. The van der Waals surface area contributed by atoms with Crippen molar-refractivity contribution in [2.45, 2.75) is 70.3 Å². The number of benzene rings is 1. The lowest BCUT2D eigenvalue weighted by Crippen LogP contribution is -2.44. The number of aromatic amines is 1. The van der Waals surface area contributed by atoms with Gasteiger partial charge in [-0.25, -0.2) is 0 Å². The van der Waals surface area contributed by atoms with Gasteiger partial charge in [0.05, 0.1) is 13.0 Å². The summed E-state index contributed by atoms with van der Waals surface area (Å²) in [6, 6.07) is 6.74. The molecule has 2 N–H and O–H groups in total. The first-order valence-corrected chi connectivity index (χ1v) is 11.4. The topological polar surface area (TPSA) is 74.4 Å². The Kier molecular flexibility index (Phi) is 6.72. The number of hydrogen-bond donors (Lipinski definition) is 2. The molecule has 1 aromatic carbocycles. The number of anilines is 1. The van der Waals surface area contributed by atoms with Crippen molar-refractivity contribution in [1.82, 2.24) is 9.88 Å². The van der Waals surface area contributed by atoms with Crippen LogP contribution in [0.15, 0.2) is 24.4 Å². The minimum absolute atomic E-state index is 0.115. The van der Waals surface area contributed by atoms with E-state index in [1.807, 2.05) is 19.1 Å². The molecule has 2 fully saturated rings. The Labute approximate surface area is 178 Å². The first-order chi connectivity index (χ1) is 14.6. The van der Waals surface area contributed by atoms with Crippen LogP contribution in [-0.2, 0) is 14.3 Å². The van der Waals surface area contributed by atoms with Crippen LogP contribution < -0.4 is 5.32 Å². The average Bonchev–Trinajstić information content (AvgIpc) is 3.19. The molecule has 2 aliphatic rings. The van der Waals surface area contributed by atoms with Gasteiger partial charge in [-0.1, -0.05) is 13.3 Å². The van der Waals surface area contributed by atoms with Crippen molar-refractivity contribution in [2.24, 2.45) is 0 Å². The van der Waals surface area contributed by atoms with Crippen molar-refractivity contribution < 1.29 is 14.3 Å². The molecular formula is C24H33N3O3. The monoisotopic (exact) mass is 411 g/mol. The first kappa shape index (κ1) is 20.9. The fourth-order valence-electron chi connectivity index (χ4n) is 4.96. The second-order valence-electron chi connectivity index (χ2n) is 8.68. The van der Waals surface area contributed by atoms with Crippen LogP contribution in [-0.4, -0.2) is 47.5 Å². The Hall–Kier alpha value is -2.34. The van der Waals surface area contributed by atoms with Gasteiger partial charge in [-0.05, 0) is 74.9 Å². The summed E-state index contributed by atoms with van der Waals surface area (Å²) in [5.74, 6) is 0.0946. The summed E-state index contributed by atoms with van der Waals surface area (Å²) < 4.78 is 5.03. The molecule has 30 heavy (non-hydrogen) atoms. The number of aromatic nitrogens is 1. The van der Waals surface area contributed by atoms with E-state index in [2.05, 4.69) is 27.5 Å². The molecule has 6 nitrogen and oxygen atoms in total. The maximum Gasteiger partial charge on any atom is 0.306 e. The molecule has 1 amide bonds. The minimum Gasteiger partial charge on any atom is -0.466 e. The molecule has 2 unspecified atom stereocenters. The number of H-pyrrole nitrogens is 1. The van der Waals surface area contributed by atoms with Crippen molar-refractivity contribution in [3.8, 4) is 0 Å². The number of fused-ring (bicyclic) bond motifs is 2. The number of piperidine rings is 2. The molecule has 4 rings (SSSR count). The van der Waals surface area contributed by atoms with E-state index in [4.69, 9.17) is 4.74 Å². The summed E-state index contributed by atoms with van der Waals surface area (Å²) in [6.45, 7) is 4.80. The molecule has 162 valence electrons. The molecule has 0 radical (unpaired) electrons. The van der Waals surface area contributed by atoms with E-state index >= 15 is 0 Å². The number of esters is 1. The lowest BCUT2D eigenvalue weighted by atomic mass is 9.82. The maximum atomic E-state index is 12.3. The molecule has 6 heteroatoms. The molecule has 2 aromatic rings. The third-order valence-electron chi connectivity index (χ3n) is 6.53. The average molecular weight is 412 g/mol. The number of carbonyl (C=O) groups is 2. The van der Waals surface area contributed by atoms with Crippen molar-refractivity contribution >= 4 is 28.5 Å². The van der Waals surface area contributed by atoms with Crippen LogP contribution in [0.1, 0.15) is 69.8 Å². The highest BCUT2D eigenvalue weighted by Gasteiger charge is 2.31. The van der Waals surface area contributed by atoms with Gasteiger partial charge in [0.25, 0.3) is 0 Å². The summed E-state index contributed by atoms with van der Waals surface area (Å²) >= 11 is 0. The normalized spacial score (nSPS) is 21.9. The molecule has 0 spiro atoms. The summed E-state index contributed by atoms with van der Waals surface area (Å²) in [7, 11) is 0. The fraction of sp³-hybridized carbons (Fsp3) is 0.583. The van der Waals surface area contributed by atoms with Crippen molar-refractivity contribution in [3.63, 3.8) is 0 Å². The van der Waals surface area contributed by atoms with Crippen LogP contribution in [0, 0.1) is 0 Å². The van der Waals surface area contributed by atoms with E-state index in [9.17, 15) is 9.59 Å². The van der Waals surface area contributed by atoms with Gasteiger partial charge in [0.2, 0.25) is 5.91 Å². The van der Waals surface area contributed by atoms with E-state index in [0.717, 1.165) is 23.7 Å². The van der Waals surface area contributed by atoms with Gasteiger partial charge in [-0.2, -0.15) is 0 Å². The second-order valence-corrected chi connectivity index (χ2v) is 8.68. The van der Waals surface area contributed by atoms with E-state index in [1.165, 1.54) is 56.1 Å². The minimum atomic E-state index is -0.315. The Morgan fingerprint density at radius 2 is 2.10 bits per heavy atom. The van der Waals surface area contributed by atoms with Crippen LogP contribution >= 0.6 is 0 Å². The second kappa shape index (κ2) is 9.65. The first-order valence-electron chi connectivity index (χ1n) is 11.4. The Morgan fingerprint density at radius 1 is 1.20 bits per heavy atom. The van der Waals surface area contributed by atoms with Crippen LogP contribution in [0.25, 0.3) is 10.9 Å². The summed E-state index contributed by atoms with van der Waals surface area (Å²) in [5.41, 5.74) is 3.26. The van der Waals surface area contributed by atoms with Crippen LogP contribution in [0.3, 0.4) is 0 Å². The molecule has 1 aromatic heterocycles. The van der Waals surface area contributed by atoms with Crippen molar-refractivity contribution in [2.75, 3.05) is 25.0 Å². The molecule has 0 aliphatic carbocycles. The highest BCUT2D eigenvalue weighted by molar-refractivity contribution is 5.95. The number of rotatable bonds is 7. The highest BCUT2D eigenvalue weighted by Crippen LogP contribution is 2.38. The molecule has 0 bridgehead atoms. The van der Waals surface area contributed by atoms with Crippen LogP contribution in [0.5, 0.6) is 0 Å². The molecule has 2 aliphatic heterocycles. The van der Waals surface area contributed by atoms with Crippen molar-refractivity contribution in [1.29, 1.82) is 0 Å². The molecule has 2 atom stereocenters. The zero-order valence-corrected chi connectivity index (χ0v) is 17.9. The number of nitrogens with zero attached hydrogens (tertiary/aromatic N) is 1. The predicted molar refractivity (Wildman–Crippen MR) is 119 cm³/mol. The van der Waals surface area contributed by atoms with Crippen LogP contribution in [0.4, 0.5) is 5.69 Å². The summed E-state index contributed by atoms with van der Waals surface area (Å²) in [5, 5.41) is 4.14. The van der Waals surface area contributed by atoms with Gasteiger partial charge < -0.3 is 19.9 Å². The van der Waals surface area contributed by atoms with Gasteiger partial charge in [-0.15, -0.1) is 0 Å². The largest absolute Gasteiger partial charge is 0.466 e. The van der Waals surface area contributed by atoms with Crippen molar-refractivity contribution in [3.05, 3.63) is 30.0 Å². The third kappa shape index (κ3) is 4.86. The van der Waals surface area contributed by atoms with Gasteiger partial charge in [0.1, 0.15) is 0 Å². The van der Waals surface area contributed by atoms with Gasteiger partial charge in [-0.3, -0.25) is 9.59 Å². The molecule has 3 heterocycles. The highest BCUT2D eigenvalue weighted by atomic mass is 16.5. The van der Waals surface area contributed by atoms with Gasteiger partial charge >= 0.3 is 5.97 Å². The third-order valence-corrected chi connectivity index (χ3v) is 6.53. The zero-order chi connectivity index (χ0) is 20.9. The summed E-state index contributed by atoms with van der Waals surface area (Å²) in [4.78, 5) is 30.0. The quantitative estimate of drug-likeness (QED) is 0.655.